The van der Waals surface area contributed by atoms with Crippen LogP contribution in [0.3, 0.4) is 0 Å². The van der Waals surface area contributed by atoms with E-state index in [1.807, 2.05) is 19.1 Å². The summed E-state index contributed by atoms with van der Waals surface area (Å²) in [6.45, 7) is 6.91. The fourth-order valence-corrected chi connectivity index (χ4v) is 1.75. The maximum Gasteiger partial charge on any atom is 0.321 e. The van der Waals surface area contributed by atoms with Crippen LogP contribution in [0.1, 0.15) is 25.0 Å². The molecule has 0 unspecified atom stereocenters. The molecule has 0 radical (unpaired) electrons. The van der Waals surface area contributed by atoms with Gasteiger partial charge in [0.05, 0.1) is 5.02 Å². The zero-order valence-corrected chi connectivity index (χ0v) is 12.6. The third-order valence-corrected chi connectivity index (χ3v) is 3.00. The fraction of sp³-hybridized carbons (Fsp3) is 0.333. The molecule has 0 saturated heterocycles. The van der Waals surface area contributed by atoms with Gasteiger partial charge >= 0.3 is 6.01 Å². The molecule has 2 aromatic rings. The van der Waals surface area contributed by atoms with Crippen molar-refractivity contribution in [2.45, 2.75) is 33.4 Å². The maximum atomic E-state index is 6.07. The Kier molecular flexibility index (Phi) is 4.93. The minimum Gasteiger partial charge on any atom is -0.423 e. The van der Waals surface area contributed by atoms with Gasteiger partial charge in [0.1, 0.15) is 5.75 Å². The Balaban J connectivity index is 2.05. The first kappa shape index (κ1) is 14.8. The van der Waals surface area contributed by atoms with E-state index in [2.05, 4.69) is 29.1 Å². The molecule has 0 aliphatic heterocycles. The largest absolute Gasteiger partial charge is 0.423 e. The van der Waals surface area contributed by atoms with Gasteiger partial charge in [0, 0.05) is 30.5 Å². The molecule has 0 saturated carbocycles. The number of aryl methyl sites for hydroxylation is 1. The van der Waals surface area contributed by atoms with E-state index in [9.17, 15) is 0 Å². The summed E-state index contributed by atoms with van der Waals surface area (Å²) < 4.78 is 5.60. The second-order valence-corrected chi connectivity index (χ2v) is 5.35. The summed E-state index contributed by atoms with van der Waals surface area (Å²) in [6, 6.07) is 6.31. The van der Waals surface area contributed by atoms with E-state index in [1.165, 1.54) is 0 Å². The number of rotatable bonds is 5. The van der Waals surface area contributed by atoms with E-state index in [1.54, 1.807) is 18.5 Å². The van der Waals surface area contributed by atoms with E-state index in [0.717, 1.165) is 17.7 Å². The lowest BCUT2D eigenvalue weighted by atomic mass is 10.2. The average Bonchev–Trinajstić information content (AvgIpc) is 2.42. The average molecular weight is 292 g/mol. The van der Waals surface area contributed by atoms with E-state index in [4.69, 9.17) is 16.3 Å². The summed E-state index contributed by atoms with van der Waals surface area (Å²) in [5.74, 6) is 0.569. The van der Waals surface area contributed by atoms with Crippen molar-refractivity contribution < 1.29 is 4.74 Å². The lowest BCUT2D eigenvalue weighted by Crippen LogP contribution is -2.21. The van der Waals surface area contributed by atoms with Gasteiger partial charge in [-0.1, -0.05) is 31.5 Å². The maximum absolute atomic E-state index is 6.07. The van der Waals surface area contributed by atoms with Crippen molar-refractivity contribution in [1.82, 2.24) is 15.3 Å². The number of hydrogen-bond donors (Lipinski definition) is 1. The van der Waals surface area contributed by atoms with Gasteiger partial charge in [0.25, 0.3) is 0 Å². The van der Waals surface area contributed by atoms with Gasteiger partial charge in [-0.25, -0.2) is 9.97 Å². The number of hydrogen-bond acceptors (Lipinski definition) is 4. The number of nitrogens with zero attached hydrogens (tertiary/aromatic N) is 2. The predicted molar refractivity (Wildman–Crippen MR) is 80.3 cm³/mol. The monoisotopic (exact) mass is 291 g/mol. The van der Waals surface area contributed by atoms with E-state index < -0.39 is 0 Å². The zero-order chi connectivity index (χ0) is 14.5. The van der Waals surface area contributed by atoms with Crippen LogP contribution in [-0.2, 0) is 6.54 Å². The number of aromatic nitrogens is 2. The molecule has 0 spiro atoms. The van der Waals surface area contributed by atoms with Gasteiger partial charge in [0.2, 0.25) is 0 Å². The van der Waals surface area contributed by atoms with Crippen LogP contribution in [0.5, 0.6) is 11.8 Å². The van der Waals surface area contributed by atoms with Gasteiger partial charge in [-0.05, 0) is 24.6 Å². The summed E-state index contributed by atoms with van der Waals surface area (Å²) in [6.07, 6.45) is 3.50. The van der Waals surface area contributed by atoms with E-state index >= 15 is 0 Å². The van der Waals surface area contributed by atoms with Gasteiger partial charge in [-0.15, -0.1) is 0 Å². The Morgan fingerprint density at radius 3 is 2.60 bits per heavy atom. The molecule has 0 fully saturated rings. The number of benzene rings is 1. The van der Waals surface area contributed by atoms with Crippen molar-refractivity contribution in [3.05, 3.63) is 46.7 Å². The van der Waals surface area contributed by atoms with Gasteiger partial charge < -0.3 is 10.1 Å². The van der Waals surface area contributed by atoms with Crippen molar-refractivity contribution in [1.29, 1.82) is 0 Å². The predicted octanol–water partition coefficient (Wildman–Crippen LogP) is 3.73. The van der Waals surface area contributed by atoms with Crippen LogP contribution in [0.4, 0.5) is 0 Å². The second-order valence-electron chi connectivity index (χ2n) is 4.95. The molecule has 106 valence electrons. The van der Waals surface area contributed by atoms with Crippen molar-refractivity contribution in [3.8, 4) is 11.8 Å². The second kappa shape index (κ2) is 6.68. The Morgan fingerprint density at radius 2 is 1.95 bits per heavy atom. The molecule has 20 heavy (non-hydrogen) atoms. The minimum atomic E-state index is 0.297. The summed E-state index contributed by atoms with van der Waals surface area (Å²) >= 11 is 6.07. The Bertz CT molecular complexity index is 570. The third kappa shape index (κ3) is 4.18. The molecule has 1 aromatic heterocycles. The van der Waals surface area contributed by atoms with Crippen LogP contribution in [0.15, 0.2) is 30.6 Å². The molecule has 1 N–H and O–H groups in total. The van der Waals surface area contributed by atoms with Crippen molar-refractivity contribution in [3.63, 3.8) is 0 Å². The molecular weight excluding hydrogens is 274 g/mol. The Hall–Kier alpha value is -1.65. The van der Waals surface area contributed by atoms with Gasteiger partial charge in [0.15, 0.2) is 0 Å². The highest BCUT2D eigenvalue weighted by Gasteiger charge is 2.06. The van der Waals surface area contributed by atoms with Crippen LogP contribution < -0.4 is 10.1 Å². The molecule has 5 heteroatoms. The minimum absolute atomic E-state index is 0.297. The molecule has 0 bridgehead atoms. The Labute approximate surface area is 124 Å². The summed E-state index contributed by atoms with van der Waals surface area (Å²) in [5, 5.41) is 3.85. The molecule has 2 rings (SSSR count). The molecule has 0 atom stereocenters. The molecule has 0 aliphatic rings. The standard InChI is InChI=1S/C15H18ClN3O/c1-10(2)17-7-12-8-18-15(19-9-12)20-14-6-11(3)4-5-13(14)16/h4-6,8-10,17H,7H2,1-3H3. The van der Waals surface area contributed by atoms with Crippen LogP contribution in [-0.4, -0.2) is 16.0 Å². The molecule has 0 amide bonds. The molecule has 0 aliphatic carbocycles. The SMILES string of the molecule is Cc1ccc(Cl)c(Oc2ncc(CNC(C)C)cn2)c1. The van der Waals surface area contributed by atoms with Gasteiger partial charge in [-0.2, -0.15) is 0 Å². The fourth-order valence-electron chi connectivity index (χ4n) is 1.60. The summed E-state index contributed by atoms with van der Waals surface area (Å²) in [4.78, 5) is 8.38. The van der Waals surface area contributed by atoms with Crippen LogP contribution >= 0.6 is 11.6 Å². The molecule has 1 heterocycles. The molecular formula is C15H18ClN3O. The Morgan fingerprint density at radius 1 is 1.25 bits per heavy atom. The highest BCUT2D eigenvalue weighted by atomic mass is 35.5. The van der Waals surface area contributed by atoms with Crippen LogP contribution in [0.25, 0.3) is 0 Å². The summed E-state index contributed by atoms with van der Waals surface area (Å²) in [5.41, 5.74) is 2.09. The highest BCUT2D eigenvalue weighted by Crippen LogP contribution is 2.28. The number of ether oxygens (including phenoxy) is 1. The van der Waals surface area contributed by atoms with Gasteiger partial charge in [-0.3, -0.25) is 0 Å². The van der Waals surface area contributed by atoms with E-state index in [0.29, 0.717) is 22.8 Å². The van der Waals surface area contributed by atoms with Crippen molar-refractivity contribution in [2.24, 2.45) is 0 Å². The van der Waals surface area contributed by atoms with Crippen LogP contribution in [0.2, 0.25) is 5.02 Å². The van der Waals surface area contributed by atoms with Crippen molar-refractivity contribution >= 4 is 11.6 Å². The van der Waals surface area contributed by atoms with E-state index in [-0.39, 0.29) is 0 Å². The smallest absolute Gasteiger partial charge is 0.321 e. The highest BCUT2D eigenvalue weighted by molar-refractivity contribution is 6.32. The first-order valence-electron chi connectivity index (χ1n) is 6.53. The normalized spacial score (nSPS) is 10.8. The van der Waals surface area contributed by atoms with Crippen LogP contribution in [0, 0.1) is 6.92 Å². The third-order valence-electron chi connectivity index (χ3n) is 2.68. The number of halogens is 1. The molecule has 1 aromatic carbocycles. The summed E-state index contributed by atoms with van der Waals surface area (Å²) in [7, 11) is 0. The first-order chi connectivity index (χ1) is 9.54. The lowest BCUT2D eigenvalue weighted by molar-refractivity contribution is 0.440. The van der Waals surface area contributed by atoms with Crippen molar-refractivity contribution in [2.75, 3.05) is 0 Å². The number of nitrogens with one attached hydrogen (secondary N) is 1. The topological polar surface area (TPSA) is 47.0 Å². The first-order valence-corrected chi connectivity index (χ1v) is 6.90. The zero-order valence-electron chi connectivity index (χ0n) is 11.9. The quantitative estimate of drug-likeness (QED) is 0.912. The lowest BCUT2D eigenvalue weighted by Gasteiger charge is -2.09. The molecule has 4 nitrogen and oxygen atoms in total.